The molecule has 2 aromatic rings. The second-order valence-electron chi connectivity index (χ2n) is 4.50. The number of nitrogens with one attached hydrogen (secondary N) is 2. The highest BCUT2D eigenvalue weighted by atomic mass is 16.3. The molecule has 1 saturated carbocycles. The maximum atomic E-state index is 11.2. The molecule has 1 aromatic heterocycles. The van der Waals surface area contributed by atoms with Gasteiger partial charge in [0.05, 0.1) is 17.1 Å². The first-order valence-corrected chi connectivity index (χ1v) is 5.59. The van der Waals surface area contributed by atoms with Crippen molar-refractivity contribution in [2.24, 2.45) is 5.92 Å². The number of hydrogen-bond donors (Lipinski definition) is 3. The third kappa shape index (κ3) is 1.78. The lowest BCUT2D eigenvalue weighted by Gasteiger charge is -2.09. The molecule has 1 heterocycles. The second-order valence-corrected chi connectivity index (χ2v) is 4.50. The summed E-state index contributed by atoms with van der Waals surface area (Å²) in [7, 11) is 0. The Morgan fingerprint density at radius 3 is 2.41 bits per heavy atom. The van der Waals surface area contributed by atoms with E-state index in [4.69, 9.17) is 0 Å². The van der Waals surface area contributed by atoms with Crippen molar-refractivity contribution in [3.63, 3.8) is 0 Å². The van der Waals surface area contributed by atoms with Crippen molar-refractivity contribution in [1.82, 2.24) is 9.97 Å². The predicted octanol–water partition coefficient (Wildman–Crippen LogP) is 0.660. The molecule has 1 atom stereocenters. The number of benzene rings is 1. The Morgan fingerprint density at radius 2 is 1.76 bits per heavy atom. The van der Waals surface area contributed by atoms with Crippen LogP contribution in [0.15, 0.2) is 27.8 Å². The SMILES string of the molecule is O=c1[nH]c2ccc(C(O)C3CC3)cc2[nH]c1=O. The molecule has 17 heavy (non-hydrogen) atoms. The maximum Gasteiger partial charge on any atom is 0.314 e. The summed E-state index contributed by atoms with van der Waals surface area (Å²) in [4.78, 5) is 27.3. The van der Waals surface area contributed by atoms with Crippen LogP contribution in [0.25, 0.3) is 11.0 Å². The van der Waals surface area contributed by atoms with E-state index >= 15 is 0 Å². The van der Waals surface area contributed by atoms with Gasteiger partial charge < -0.3 is 15.1 Å². The van der Waals surface area contributed by atoms with Gasteiger partial charge in [0, 0.05) is 0 Å². The minimum Gasteiger partial charge on any atom is -0.388 e. The third-order valence-corrected chi connectivity index (χ3v) is 3.16. The zero-order chi connectivity index (χ0) is 12.0. The summed E-state index contributed by atoms with van der Waals surface area (Å²) in [5, 5.41) is 9.98. The van der Waals surface area contributed by atoms with Gasteiger partial charge in [0.1, 0.15) is 0 Å². The van der Waals surface area contributed by atoms with E-state index < -0.39 is 17.2 Å². The fourth-order valence-corrected chi connectivity index (χ4v) is 2.00. The quantitative estimate of drug-likeness (QED) is 0.665. The van der Waals surface area contributed by atoms with E-state index in [1.807, 2.05) is 0 Å². The first-order chi connectivity index (χ1) is 8.15. The first kappa shape index (κ1) is 10.3. The van der Waals surface area contributed by atoms with Crippen LogP contribution in [0.4, 0.5) is 0 Å². The second kappa shape index (κ2) is 3.56. The highest BCUT2D eigenvalue weighted by Gasteiger charge is 2.30. The van der Waals surface area contributed by atoms with Crippen molar-refractivity contribution < 1.29 is 5.11 Å². The molecule has 0 saturated heterocycles. The van der Waals surface area contributed by atoms with Crippen LogP contribution in [-0.2, 0) is 0 Å². The summed E-state index contributed by atoms with van der Waals surface area (Å²) >= 11 is 0. The van der Waals surface area contributed by atoms with Crippen LogP contribution in [0.5, 0.6) is 0 Å². The van der Waals surface area contributed by atoms with Gasteiger partial charge in [0.2, 0.25) is 0 Å². The van der Waals surface area contributed by atoms with Gasteiger partial charge in [-0.15, -0.1) is 0 Å². The molecule has 3 rings (SSSR count). The Balaban J connectivity index is 2.14. The van der Waals surface area contributed by atoms with Gasteiger partial charge in [-0.2, -0.15) is 0 Å². The van der Waals surface area contributed by atoms with Crippen molar-refractivity contribution in [2.45, 2.75) is 18.9 Å². The fourth-order valence-electron chi connectivity index (χ4n) is 2.00. The van der Waals surface area contributed by atoms with E-state index in [0.717, 1.165) is 18.4 Å². The van der Waals surface area contributed by atoms with E-state index in [-0.39, 0.29) is 0 Å². The normalized spacial score (nSPS) is 17.2. The molecule has 5 heteroatoms. The molecule has 1 aliphatic carbocycles. The van der Waals surface area contributed by atoms with E-state index in [1.165, 1.54) is 0 Å². The van der Waals surface area contributed by atoms with Crippen LogP contribution in [0.1, 0.15) is 24.5 Å². The maximum absolute atomic E-state index is 11.2. The van der Waals surface area contributed by atoms with Crippen molar-refractivity contribution in [1.29, 1.82) is 0 Å². The molecule has 0 bridgehead atoms. The Labute approximate surface area is 96.1 Å². The van der Waals surface area contributed by atoms with Crippen molar-refractivity contribution >= 4 is 11.0 Å². The van der Waals surface area contributed by atoms with E-state index in [9.17, 15) is 14.7 Å². The molecule has 1 aromatic carbocycles. The number of rotatable bonds is 2. The predicted molar refractivity (Wildman–Crippen MR) is 62.9 cm³/mol. The third-order valence-electron chi connectivity index (χ3n) is 3.16. The van der Waals surface area contributed by atoms with Crippen molar-refractivity contribution in [2.75, 3.05) is 0 Å². The minimum atomic E-state index is -0.671. The lowest BCUT2D eigenvalue weighted by molar-refractivity contribution is 0.154. The molecule has 5 nitrogen and oxygen atoms in total. The molecular formula is C12H12N2O3. The topological polar surface area (TPSA) is 85.9 Å². The number of aliphatic hydroxyl groups is 1. The van der Waals surface area contributed by atoms with Gasteiger partial charge in [-0.05, 0) is 36.5 Å². The van der Waals surface area contributed by atoms with E-state index in [0.29, 0.717) is 17.0 Å². The lowest BCUT2D eigenvalue weighted by Crippen LogP contribution is -2.28. The molecule has 1 fully saturated rings. The monoisotopic (exact) mass is 232 g/mol. The summed E-state index contributed by atoms with van der Waals surface area (Å²) in [6.07, 6.45) is 1.61. The lowest BCUT2D eigenvalue weighted by atomic mass is 10.0. The number of fused-ring (bicyclic) bond motifs is 1. The van der Waals surface area contributed by atoms with Crippen LogP contribution < -0.4 is 11.1 Å². The molecule has 0 spiro atoms. The van der Waals surface area contributed by atoms with Gasteiger partial charge in [-0.1, -0.05) is 6.07 Å². The summed E-state index contributed by atoms with van der Waals surface area (Å²) in [6, 6.07) is 5.20. The summed E-state index contributed by atoms with van der Waals surface area (Å²) in [6.45, 7) is 0. The first-order valence-electron chi connectivity index (χ1n) is 5.59. The van der Waals surface area contributed by atoms with Crippen molar-refractivity contribution in [3.05, 3.63) is 44.5 Å². The zero-order valence-corrected chi connectivity index (χ0v) is 9.06. The number of aliphatic hydroxyl groups excluding tert-OH is 1. The highest BCUT2D eigenvalue weighted by Crippen LogP contribution is 2.41. The Bertz CT molecular complexity index is 682. The van der Waals surface area contributed by atoms with Crippen LogP contribution >= 0.6 is 0 Å². The number of hydrogen-bond acceptors (Lipinski definition) is 3. The molecule has 3 N–H and O–H groups in total. The van der Waals surface area contributed by atoms with Gasteiger partial charge in [-0.3, -0.25) is 9.59 Å². The van der Waals surface area contributed by atoms with Gasteiger partial charge in [0.25, 0.3) is 0 Å². The average Bonchev–Trinajstić information content (AvgIpc) is 3.13. The smallest absolute Gasteiger partial charge is 0.314 e. The molecule has 88 valence electrons. The number of aromatic amines is 2. The Kier molecular flexibility index (Phi) is 2.16. The fraction of sp³-hybridized carbons (Fsp3) is 0.333. The molecule has 0 aliphatic heterocycles. The summed E-state index contributed by atoms with van der Waals surface area (Å²) in [5.74, 6) is 0.335. The van der Waals surface area contributed by atoms with Gasteiger partial charge in [-0.25, -0.2) is 0 Å². The van der Waals surface area contributed by atoms with Gasteiger partial charge >= 0.3 is 11.1 Å². The largest absolute Gasteiger partial charge is 0.388 e. The highest BCUT2D eigenvalue weighted by molar-refractivity contribution is 5.74. The van der Waals surface area contributed by atoms with Crippen LogP contribution in [0.2, 0.25) is 0 Å². The standard InChI is InChI=1S/C12H12N2O3/c15-10(6-1-2-6)7-3-4-8-9(5-7)14-12(17)11(16)13-8/h3-6,10,15H,1-2H2,(H,13,16)(H,14,17). The van der Waals surface area contributed by atoms with E-state index in [2.05, 4.69) is 9.97 Å². The molecular weight excluding hydrogens is 220 g/mol. The van der Waals surface area contributed by atoms with Crippen LogP contribution in [0, 0.1) is 5.92 Å². The molecule has 1 aliphatic rings. The Hall–Kier alpha value is -1.88. The Morgan fingerprint density at radius 1 is 1.12 bits per heavy atom. The van der Waals surface area contributed by atoms with Crippen LogP contribution in [0.3, 0.4) is 0 Å². The van der Waals surface area contributed by atoms with E-state index in [1.54, 1.807) is 18.2 Å². The van der Waals surface area contributed by atoms with Crippen LogP contribution in [-0.4, -0.2) is 15.1 Å². The molecule has 0 amide bonds. The number of aromatic nitrogens is 2. The minimum absolute atomic E-state index is 0.335. The summed E-state index contributed by atoms with van der Waals surface area (Å²) < 4.78 is 0. The zero-order valence-electron chi connectivity index (χ0n) is 9.06. The van der Waals surface area contributed by atoms with Gasteiger partial charge in [0.15, 0.2) is 0 Å². The number of H-pyrrole nitrogens is 2. The molecule has 1 unspecified atom stereocenters. The molecule has 0 radical (unpaired) electrons. The average molecular weight is 232 g/mol. The summed E-state index contributed by atoms with van der Waals surface area (Å²) in [5.41, 5.74) is 0.569. The van der Waals surface area contributed by atoms with Crippen molar-refractivity contribution in [3.8, 4) is 0 Å².